The standard InChI is InChI=1S/C24H23N5O4S/c1-14-7-3-5-9-17(14)26-28-19-12-11-16-13-20(34(31,32)33)23(24(30)21(16)22(19)25)29-27-18-10-6-4-8-15(18)2/h3-13,30-33H,25H2,1-2H3. The summed E-state index contributed by atoms with van der Waals surface area (Å²) in [5, 5.41) is 28.2. The number of hydrogen-bond donors (Lipinski definition) is 5. The molecule has 0 saturated heterocycles. The lowest BCUT2D eigenvalue weighted by molar-refractivity contribution is 0.375. The second-order valence-electron chi connectivity index (χ2n) is 7.66. The number of phenolic OH excluding ortho intramolecular Hbond substituents is 1. The van der Waals surface area contributed by atoms with Crippen molar-refractivity contribution in [1.29, 1.82) is 0 Å². The van der Waals surface area contributed by atoms with Gasteiger partial charge in [0.15, 0.2) is 5.75 Å². The molecule has 0 bridgehead atoms. The van der Waals surface area contributed by atoms with Gasteiger partial charge in [-0.15, -0.1) is 10.2 Å². The molecule has 0 saturated carbocycles. The zero-order valence-electron chi connectivity index (χ0n) is 18.4. The normalized spacial score (nSPS) is 12.7. The van der Waals surface area contributed by atoms with E-state index >= 15 is 0 Å². The van der Waals surface area contributed by atoms with Crippen LogP contribution in [-0.4, -0.2) is 18.8 Å². The van der Waals surface area contributed by atoms with Crippen LogP contribution in [-0.2, 0) is 0 Å². The maximum absolute atomic E-state index is 11.0. The first-order chi connectivity index (χ1) is 16.2. The summed E-state index contributed by atoms with van der Waals surface area (Å²) in [6.45, 7) is 3.74. The van der Waals surface area contributed by atoms with E-state index in [1.165, 1.54) is 6.07 Å². The van der Waals surface area contributed by atoms with Gasteiger partial charge in [0.1, 0.15) is 22.2 Å². The van der Waals surface area contributed by atoms with E-state index in [-0.39, 0.29) is 21.7 Å². The molecule has 34 heavy (non-hydrogen) atoms. The smallest absolute Gasteiger partial charge is 0.154 e. The topological polar surface area (TPSA) is 156 Å². The summed E-state index contributed by atoms with van der Waals surface area (Å²) in [6.07, 6.45) is 0. The lowest BCUT2D eigenvalue weighted by Crippen LogP contribution is -1.98. The molecular formula is C24H23N5O4S. The average molecular weight is 478 g/mol. The molecule has 0 heterocycles. The average Bonchev–Trinajstić information content (AvgIpc) is 2.79. The van der Waals surface area contributed by atoms with Gasteiger partial charge in [-0.25, -0.2) is 0 Å². The Labute approximate surface area is 197 Å². The Morgan fingerprint density at radius 1 is 0.706 bits per heavy atom. The SMILES string of the molecule is Cc1ccccc1N=Nc1ccc2cc(S(O)(O)O)c(N=Nc3ccccc3C)c(O)c2c1N. The first kappa shape index (κ1) is 23.3. The lowest BCUT2D eigenvalue weighted by atomic mass is 10.1. The number of nitrogens with two attached hydrogens (primary N) is 1. The van der Waals surface area contributed by atoms with Crippen LogP contribution >= 0.6 is 10.9 Å². The van der Waals surface area contributed by atoms with Crippen molar-refractivity contribution in [2.24, 2.45) is 20.5 Å². The van der Waals surface area contributed by atoms with Gasteiger partial charge in [-0.3, -0.25) is 0 Å². The molecule has 4 aromatic carbocycles. The molecule has 6 N–H and O–H groups in total. The maximum atomic E-state index is 11.0. The number of nitrogen functional groups attached to an aromatic ring is 1. The minimum atomic E-state index is -4.23. The monoisotopic (exact) mass is 477 g/mol. The van der Waals surface area contributed by atoms with Gasteiger partial charge >= 0.3 is 0 Å². The number of hydrogen-bond acceptors (Lipinski definition) is 9. The fourth-order valence-electron chi connectivity index (χ4n) is 3.41. The number of benzene rings is 4. The molecule has 0 amide bonds. The van der Waals surface area contributed by atoms with E-state index in [1.54, 1.807) is 24.3 Å². The number of anilines is 1. The number of nitrogens with zero attached hydrogens (tertiary/aromatic N) is 4. The number of azo groups is 2. The summed E-state index contributed by atoms with van der Waals surface area (Å²) >= 11 is 0. The largest absolute Gasteiger partial charge is 0.505 e. The van der Waals surface area contributed by atoms with E-state index in [0.717, 1.165) is 11.1 Å². The van der Waals surface area contributed by atoms with Crippen molar-refractivity contribution in [3.63, 3.8) is 0 Å². The van der Waals surface area contributed by atoms with Crippen molar-refractivity contribution < 1.29 is 18.8 Å². The third-order valence-electron chi connectivity index (χ3n) is 5.28. The molecule has 0 fully saturated rings. The summed E-state index contributed by atoms with van der Waals surface area (Å²) in [5.74, 6) is -0.468. The molecule has 174 valence electrons. The minimum absolute atomic E-state index is 0.112. The van der Waals surface area contributed by atoms with E-state index in [4.69, 9.17) is 5.73 Å². The molecule has 4 aromatic rings. The molecule has 0 aromatic heterocycles. The third-order valence-corrected chi connectivity index (χ3v) is 6.19. The fourth-order valence-corrected chi connectivity index (χ4v) is 4.09. The van der Waals surface area contributed by atoms with E-state index < -0.39 is 16.6 Å². The van der Waals surface area contributed by atoms with Crippen LogP contribution in [0.2, 0.25) is 0 Å². The predicted molar refractivity (Wildman–Crippen MR) is 134 cm³/mol. The second-order valence-corrected chi connectivity index (χ2v) is 9.14. The van der Waals surface area contributed by atoms with Gasteiger partial charge in [0, 0.05) is 0 Å². The van der Waals surface area contributed by atoms with Crippen LogP contribution in [0.1, 0.15) is 11.1 Å². The molecule has 0 aliphatic rings. The molecule has 0 spiro atoms. The van der Waals surface area contributed by atoms with Gasteiger partial charge in [0.2, 0.25) is 0 Å². The summed E-state index contributed by atoms with van der Waals surface area (Å²) in [5.41, 5.74) is 9.36. The highest BCUT2D eigenvalue weighted by Gasteiger charge is 2.26. The van der Waals surface area contributed by atoms with Crippen molar-refractivity contribution in [3.05, 3.63) is 77.9 Å². The molecule has 10 heteroatoms. The number of aromatic hydroxyl groups is 1. The van der Waals surface area contributed by atoms with E-state index in [9.17, 15) is 18.8 Å². The van der Waals surface area contributed by atoms with Crippen LogP contribution < -0.4 is 5.73 Å². The Hall–Kier alpha value is -3.83. The molecular weight excluding hydrogens is 454 g/mol. The highest BCUT2D eigenvalue weighted by atomic mass is 32.3. The second kappa shape index (κ2) is 9.20. The van der Waals surface area contributed by atoms with Crippen LogP contribution in [0.3, 0.4) is 0 Å². The van der Waals surface area contributed by atoms with Crippen molar-refractivity contribution in [2.45, 2.75) is 18.7 Å². The number of aryl methyl sites for hydroxylation is 2. The molecule has 0 unspecified atom stereocenters. The Morgan fingerprint density at radius 2 is 1.24 bits per heavy atom. The van der Waals surface area contributed by atoms with Crippen LogP contribution in [0.25, 0.3) is 10.8 Å². The van der Waals surface area contributed by atoms with Gasteiger partial charge in [-0.05, 0) is 54.6 Å². The predicted octanol–water partition coefficient (Wildman–Crippen LogP) is 8.16. The van der Waals surface area contributed by atoms with Gasteiger partial charge in [-0.2, -0.15) is 10.2 Å². The van der Waals surface area contributed by atoms with Gasteiger partial charge in [0.25, 0.3) is 0 Å². The maximum Gasteiger partial charge on any atom is 0.154 e. The number of rotatable bonds is 5. The minimum Gasteiger partial charge on any atom is -0.505 e. The Morgan fingerprint density at radius 3 is 1.79 bits per heavy atom. The highest BCUT2D eigenvalue weighted by Crippen LogP contribution is 2.55. The summed E-state index contributed by atoms with van der Waals surface area (Å²) in [6, 6.07) is 19.1. The van der Waals surface area contributed by atoms with Crippen LogP contribution in [0.15, 0.2) is 92.1 Å². The van der Waals surface area contributed by atoms with Crippen molar-refractivity contribution in [3.8, 4) is 5.75 Å². The van der Waals surface area contributed by atoms with E-state index in [0.29, 0.717) is 22.4 Å². The number of fused-ring (bicyclic) bond motifs is 1. The lowest BCUT2D eigenvalue weighted by Gasteiger charge is -2.22. The van der Waals surface area contributed by atoms with Gasteiger partial charge in [-0.1, -0.05) is 42.5 Å². The summed E-state index contributed by atoms with van der Waals surface area (Å²) in [7, 11) is -4.23. The molecule has 0 atom stereocenters. The third kappa shape index (κ3) is 4.61. The zero-order chi connectivity index (χ0) is 24.5. The highest BCUT2D eigenvalue weighted by molar-refractivity contribution is 8.19. The fraction of sp³-hybridized carbons (Fsp3) is 0.0833. The van der Waals surface area contributed by atoms with E-state index in [2.05, 4.69) is 20.5 Å². The van der Waals surface area contributed by atoms with Gasteiger partial charge < -0.3 is 24.5 Å². The molecule has 0 radical (unpaired) electrons. The van der Waals surface area contributed by atoms with Crippen molar-refractivity contribution in [2.75, 3.05) is 5.73 Å². The zero-order valence-corrected chi connectivity index (χ0v) is 19.2. The first-order valence-corrected chi connectivity index (χ1v) is 11.7. The Kier molecular flexibility index (Phi) is 6.31. The number of phenols is 1. The first-order valence-electron chi connectivity index (χ1n) is 10.2. The van der Waals surface area contributed by atoms with Gasteiger partial charge in [0.05, 0.1) is 27.3 Å². The molecule has 9 nitrogen and oxygen atoms in total. The van der Waals surface area contributed by atoms with Crippen LogP contribution in [0.4, 0.5) is 28.4 Å². The molecule has 0 aliphatic heterocycles. The van der Waals surface area contributed by atoms with Crippen LogP contribution in [0, 0.1) is 13.8 Å². The van der Waals surface area contributed by atoms with Crippen molar-refractivity contribution >= 4 is 50.1 Å². The van der Waals surface area contributed by atoms with Crippen molar-refractivity contribution in [1.82, 2.24) is 0 Å². The molecule has 4 rings (SSSR count). The quantitative estimate of drug-likeness (QED) is 0.145. The van der Waals surface area contributed by atoms with Crippen LogP contribution in [0.5, 0.6) is 5.75 Å². The summed E-state index contributed by atoms with van der Waals surface area (Å²) < 4.78 is 29.9. The Bertz CT molecular complexity index is 1450. The summed E-state index contributed by atoms with van der Waals surface area (Å²) in [4.78, 5) is -0.372. The Balaban J connectivity index is 1.88. The molecule has 0 aliphatic carbocycles. The van der Waals surface area contributed by atoms with E-state index in [1.807, 2.05) is 50.2 Å².